The van der Waals surface area contributed by atoms with E-state index >= 15 is 0 Å². The Balaban J connectivity index is 1.96. The van der Waals surface area contributed by atoms with Gasteiger partial charge in [-0.25, -0.2) is 0 Å². The molecule has 1 fully saturated rings. The average molecular weight is 522 g/mol. The second-order valence-corrected chi connectivity index (χ2v) is 11.4. The zero-order valence-electron chi connectivity index (χ0n) is 23.3. The Kier molecular flexibility index (Phi) is 11.7. The quantitative estimate of drug-likeness (QED) is 0.223. The lowest BCUT2D eigenvalue weighted by Crippen LogP contribution is -2.46. The van der Waals surface area contributed by atoms with Gasteiger partial charge in [0.1, 0.15) is 0 Å². The molecule has 9 nitrogen and oxygen atoms in total. The van der Waals surface area contributed by atoms with Crippen LogP contribution in [0.3, 0.4) is 0 Å². The van der Waals surface area contributed by atoms with Gasteiger partial charge in [0, 0.05) is 44.7 Å². The van der Waals surface area contributed by atoms with E-state index in [0.717, 1.165) is 24.8 Å². The molecule has 0 aromatic heterocycles. The number of aliphatic hydroxyl groups is 1. The first kappa shape index (κ1) is 30.9. The number of primary amides is 1. The molecule has 6 N–H and O–H groups in total. The van der Waals surface area contributed by atoms with Gasteiger partial charge in [0.2, 0.25) is 11.8 Å². The number of amides is 2. The topological polar surface area (TPSA) is 143 Å². The Morgan fingerprint density at radius 3 is 2.59 bits per heavy atom. The fourth-order valence-electron chi connectivity index (χ4n) is 4.72. The Bertz CT molecular complexity index is 891. The molecular weight excluding hydrogens is 474 g/mol. The lowest BCUT2D eigenvalue weighted by Gasteiger charge is -2.28. The van der Waals surface area contributed by atoms with Gasteiger partial charge in [0.05, 0.1) is 18.1 Å². The fraction of sp³-hybridized carbons (Fsp3) is 0.714. The van der Waals surface area contributed by atoms with E-state index in [4.69, 9.17) is 15.2 Å². The maximum Gasteiger partial charge on any atom is 0.224 e. The molecule has 0 radical (unpaired) electrons. The number of methoxy groups -OCH3 is 1. The van der Waals surface area contributed by atoms with E-state index in [1.807, 2.05) is 26.0 Å². The number of phenols is 1. The van der Waals surface area contributed by atoms with Crippen LogP contribution in [0.15, 0.2) is 18.2 Å². The molecule has 0 saturated carbocycles. The van der Waals surface area contributed by atoms with Gasteiger partial charge in [-0.15, -0.1) is 0 Å². The molecule has 1 aromatic carbocycles. The molecule has 5 atom stereocenters. The molecule has 2 rings (SSSR count). The van der Waals surface area contributed by atoms with Gasteiger partial charge in [0.25, 0.3) is 0 Å². The summed E-state index contributed by atoms with van der Waals surface area (Å²) < 4.78 is 10.8. The zero-order valence-corrected chi connectivity index (χ0v) is 23.3. The minimum atomic E-state index is -0.839. The monoisotopic (exact) mass is 521 g/mol. The lowest BCUT2D eigenvalue weighted by atomic mass is 9.85. The predicted molar refractivity (Wildman–Crippen MR) is 143 cm³/mol. The molecule has 0 bridgehead atoms. The van der Waals surface area contributed by atoms with Crippen molar-refractivity contribution in [3.63, 3.8) is 0 Å². The molecule has 1 aliphatic rings. The number of ether oxygens (including phenoxy) is 2. The molecule has 0 spiro atoms. The third kappa shape index (κ3) is 9.16. The highest BCUT2D eigenvalue weighted by atomic mass is 16.5. The smallest absolute Gasteiger partial charge is 0.224 e. The van der Waals surface area contributed by atoms with Crippen LogP contribution in [0.2, 0.25) is 0 Å². The molecular formula is C28H47N3O6. The van der Waals surface area contributed by atoms with Crippen LogP contribution in [0.1, 0.15) is 59.4 Å². The molecule has 210 valence electrons. The largest absolute Gasteiger partial charge is 0.504 e. The minimum absolute atomic E-state index is 0.0280. The maximum absolute atomic E-state index is 12.9. The van der Waals surface area contributed by atoms with Gasteiger partial charge in [-0.05, 0) is 69.6 Å². The molecule has 1 unspecified atom stereocenters. The number of aromatic hydroxyl groups is 1. The summed E-state index contributed by atoms with van der Waals surface area (Å²) in [5, 5.41) is 27.6. The lowest BCUT2D eigenvalue weighted by molar-refractivity contribution is -0.130. The summed E-state index contributed by atoms with van der Waals surface area (Å²) in [6.45, 7) is 10.6. The summed E-state index contributed by atoms with van der Waals surface area (Å²) in [5.74, 6) is -0.132. The maximum atomic E-state index is 12.9. The van der Waals surface area contributed by atoms with E-state index < -0.39 is 17.4 Å². The number of phenolic OH excluding ortho intramolecular Hbond substituents is 1. The highest BCUT2D eigenvalue weighted by Gasteiger charge is 2.37. The van der Waals surface area contributed by atoms with Gasteiger partial charge >= 0.3 is 0 Å². The number of aliphatic hydroxyl groups excluding tert-OH is 1. The van der Waals surface area contributed by atoms with Gasteiger partial charge in [0.15, 0.2) is 11.5 Å². The van der Waals surface area contributed by atoms with Crippen LogP contribution in [-0.4, -0.2) is 67.1 Å². The van der Waals surface area contributed by atoms with Crippen molar-refractivity contribution in [2.75, 3.05) is 26.9 Å². The van der Waals surface area contributed by atoms with Crippen LogP contribution >= 0.6 is 0 Å². The molecule has 0 aliphatic carbocycles. The van der Waals surface area contributed by atoms with Crippen LogP contribution in [0.25, 0.3) is 0 Å². The van der Waals surface area contributed by atoms with Gasteiger partial charge in [-0.3, -0.25) is 9.59 Å². The Hall–Kier alpha value is -2.36. The molecule has 1 aliphatic heterocycles. The second kappa shape index (κ2) is 14.0. The van der Waals surface area contributed by atoms with Crippen molar-refractivity contribution in [3.05, 3.63) is 23.8 Å². The molecule has 1 aromatic rings. The average Bonchev–Trinajstić information content (AvgIpc) is 3.20. The Labute approximate surface area is 221 Å². The van der Waals surface area contributed by atoms with Crippen LogP contribution in [0.4, 0.5) is 0 Å². The van der Waals surface area contributed by atoms with Crippen LogP contribution in [0, 0.1) is 23.2 Å². The van der Waals surface area contributed by atoms with Crippen molar-refractivity contribution in [1.29, 1.82) is 0 Å². The van der Waals surface area contributed by atoms with E-state index in [2.05, 4.69) is 17.6 Å². The van der Waals surface area contributed by atoms with Crippen molar-refractivity contribution in [2.45, 2.75) is 78.5 Å². The van der Waals surface area contributed by atoms with E-state index in [1.54, 1.807) is 27.0 Å². The van der Waals surface area contributed by atoms with Crippen molar-refractivity contribution in [3.8, 4) is 11.5 Å². The molecule has 1 heterocycles. The highest BCUT2D eigenvalue weighted by Crippen LogP contribution is 2.32. The number of benzene rings is 1. The number of hydrogen-bond donors (Lipinski definition) is 5. The standard InChI is InChI=1S/C28H47N3O6/c1-17(2)21(26(34)30-16-28(4,5)27(29)35)15-24(33)22-14-20(18(3)31-22)12-19-8-9-23(32)25(13-19)37-11-7-10-36-6/h8-9,13,17-18,20-22,24,31-33H,7,10-12,14-16H2,1-6H3,(H2,29,35)(H,30,34)/t18?,20-,21-,22-,24-/m0/s1. The normalized spacial score (nSPS) is 21.6. The first-order chi connectivity index (χ1) is 17.4. The second-order valence-electron chi connectivity index (χ2n) is 11.4. The fourth-order valence-corrected chi connectivity index (χ4v) is 4.72. The number of rotatable bonds is 15. The first-order valence-electron chi connectivity index (χ1n) is 13.3. The van der Waals surface area contributed by atoms with Crippen molar-refractivity contribution >= 4 is 11.8 Å². The van der Waals surface area contributed by atoms with Crippen molar-refractivity contribution in [2.24, 2.45) is 28.9 Å². The summed E-state index contributed by atoms with van der Waals surface area (Å²) >= 11 is 0. The van der Waals surface area contributed by atoms with Gasteiger partial charge in [-0.1, -0.05) is 19.9 Å². The third-order valence-electron chi connectivity index (χ3n) is 7.49. The SMILES string of the molecule is COCCCOc1cc(C[C@H]2C[C@@H]([C@@H](O)C[C@H](C(=O)NCC(C)(C)C(N)=O)C(C)C)NC2C)ccc1O. The number of nitrogens with one attached hydrogen (secondary N) is 2. The number of nitrogens with two attached hydrogens (primary N) is 1. The number of carbonyl (C=O) groups excluding carboxylic acids is 2. The molecule has 2 amide bonds. The molecule has 1 saturated heterocycles. The van der Waals surface area contributed by atoms with Crippen LogP contribution < -0.4 is 21.1 Å². The summed E-state index contributed by atoms with van der Waals surface area (Å²) in [6, 6.07) is 5.50. The van der Waals surface area contributed by atoms with Gasteiger partial charge in [-0.2, -0.15) is 0 Å². The summed E-state index contributed by atoms with van der Waals surface area (Å²) in [5.41, 5.74) is 5.64. The third-order valence-corrected chi connectivity index (χ3v) is 7.49. The summed E-state index contributed by atoms with van der Waals surface area (Å²) in [6.07, 6.45) is 1.93. The van der Waals surface area contributed by atoms with E-state index in [9.17, 15) is 19.8 Å². The van der Waals surface area contributed by atoms with E-state index in [0.29, 0.717) is 25.4 Å². The molecule has 9 heteroatoms. The molecule has 37 heavy (non-hydrogen) atoms. The van der Waals surface area contributed by atoms with Gasteiger partial charge < -0.3 is 36.1 Å². The number of hydrogen-bond acceptors (Lipinski definition) is 7. The van der Waals surface area contributed by atoms with E-state index in [-0.39, 0.29) is 48.0 Å². The van der Waals surface area contributed by atoms with Crippen LogP contribution in [0.5, 0.6) is 11.5 Å². The van der Waals surface area contributed by atoms with Crippen LogP contribution in [-0.2, 0) is 20.7 Å². The number of carbonyl (C=O) groups is 2. The summed E-state index contributed by atoms with van der Waals surface area (Å²) in [7, 11) is 1.64. The van der Waals surface area contributed by atoms with E-state index in [1.165, 1.54) is 0 Å². The Morgan fingerprint density at radius 2 is 1.97 bits per heavy atom. The first-order valence-corrected chi connectivity index (χ1v) is 13.3. The Morgan fingerprint density at radius 1 is 1.27 bits per heavy atom. The highest BCUT2D eigenvalue weighted by molar-refractivity contribution is 5.83. The predicted octanol–water partition coefficient (Wildman–Crippen LogP) is 2.37. The zero-order chi connectivity index (χ0) is 27.8. The minimum Gasteiger partial charge on any atom is -0.504 e. The summed E-state index contributed by atoms with van der Waals surface area (Å²) in [4.78, 5) is 24.5. The van der Waals surface area contributed by atoms with Crippen molar-refractivity contribution in [1.82, 2.24) is 10.6 Å². The van der Waals surface area contributed by atoms with Crippen molar-refractivity contribution < 1.29 is 29.3 Å².